The summed E-state index contributed by atoms with van der Waals surface area (Å²) < 4.78 is 19.1. The number of hydrogen-bond donors (Lipinski definition) is 2. The maximum absolute atomic E-state index is 13.7. The Labute approximate surface area is 120 Å². The van der Waals surface area contributed by atoms with Gasteiger partial charge in [0, 0.05) is 11.3 Å². The zero-order valence-electron chi connectivity index (χ0n) is 10.4. The molecule has 2 rings (SSSR count). The molecule has 0 aliphatic rings. The van der Waals surface area contributed by atoms with Gasteiger partial charge in [-0.05, 0) is 24.3 Å². The van der Waals surface area contributed by atoms with Crippen molar-refractivity contribution in [2.75, 3.05) is 5.73 Å². The van der Waals surface area contributed by atoms with Gasteiger partial charge in [-0.2, -0.15) is 0 Å². The fourth-order valence-electron chi connectivity index (χ4n) is 1.68. The maximum Gasteiger partial charge on any atom is 0.252 e. The number of rotatable bonds is 4. The number of nitrogen functional groups attached to an aromatic ring is 1. The number of halogens is 2. The van der Waals surface area contributed by atoms with Crippen molar-refractivity contribution in [3.63, 3.8) is 0 Å². The van der Waals surface area contributed by atoms with Gasteiger partial charge in [0.25, 0.3) is 5.91 Å². The third kappa shape index (κ3) is 3.00. The predicted molar refractivity (Wildman–Crippen MR) is 75.1 cm³/mol. The van der Waals surface area contributed by atoms with Crippen LogP contribution in [0.1, 0.15) is 15.9 Å². The molecular formula is C14H12ClFN2O2. The maximum atomic E-state index is 13.7. The van der Waals surface area contributed by atoms with Crippen molar-refractivity contribution in [3.05, 3.63) is 58.4 Å². The summed E-state index contributed by atoms with van der Waals surface area (Å²) in [5, 5.41) is 0.0125. The third-order valence-electron chi connectivity index (χ3n) is 2.68. The molecule has 6 heteroatoms. The van der Waals surface area contributed by atoms with Crippen LogP contribution < -0.4 is 16.2 Å². The van der Waals surface area contributed by atoms with Crippen LogP contribution in [0.5, 0.6) is 5.75 Å². The van der Waals surface area contributed by atoms with Crippen LogP contribution >= 0.6 is 11.6 Å². The molecule has 0 fully saturated rings. The van der Waals surface area contributed by atoms with Gasteiger partial charge in [0.1, 0.15) is 18.2 Å². The van der Waals surface area contributed by atoms with Gasteiger partial charge in [-0.1, -0.05) is 23.7 Å². The Balaban J connectivity index is 2.23. The Morgan fingerprint density at radius 1 is 1.30 bits per heavy atom. The van der Waals surface area contributed by atoms with Gasteiger partial charge in [-0.3, -0.25) is 4.79 Å². The van der Waals surface area contributed by atoms with Crippen LogP contribution in [0.4, 0.5) is 10.1 Å². The highest BCUT2D eigenvalue weighted by atomic mass is 35.5. The zero-order valence-corrected chi connectivity index (χ0v) is 11.2. The van der Waals surface area contributed by atoms with Crippen molar-refractivity contribution >= 4 is 23.2 Å². The van der Waals surface area contributed by atoms with E-state index in [1.807, 2.05) is 0 Å². The van der Waals surface area contributed by atoms with Crippen LogP contribution in [0, 0.1) is 5.82 Å². The van der Waals surface area contributed by atoms with Gasteiger partial charge in [0.15, 0.2) is 0 Å². The van der Waals surface area contributed by atoms with E-state index in [9.17, 15) is 9.18 Å². The molecule has 0 radical (unpaired) electrons. The van der Waals surface area contributed by atoms with Crippen molar-refractivity contribution < 1.29 is 13.9 Å². The van der Waals surface area contributed by atoms with Crippen molar-refractivity contribution in [2.45, 2.75) is 6.61 Å². The highest BCUT2D eigenvalue weighted by molar-refractivity contribution is 6.30. The van der Waals surface area contributed by atoms with Crippen LogP contribution in [0.15, 0.2) is 36.4 Å². The van der Waals surface area contributed by atoms with Crippen molar-refractivity contribution in [1.82, 2.24) is 0 Å². The summed E-state index contributed by atoms with van der Waals surface area (Å²) in [5.41, 5.74) is 11.6. The Bertz CT molecular complexity index is 662. The number of ether oxygens (including phenoxy) is 1. The van der Waals surface area contributed by atoms with E-state index in [1.54, 1.807) is 18.2 Å². The number of amides is 1. The number of hydrogen-bond acceptors (Lipinski definition) is 3. The van der Waals surface area contributed by atoms with E-state index in [0.717, 1.165) is 0 Å². The van der Waals surface area contributed by atoms with Gasteiger partial charge >= 0.3 is 0 Å². The largest absolute Gasteiger partial charge is 0.488 e. The van der Waals surface area contributed by atoms with Crippen molar-refractivity contribution in [2.24, 2.45) is 5.73 Å². The van der Waals surface area contributed by atoms with E-state index in [0.29, 0.717) is 5.69 Å². The van der Waals surface area contributed by atoms with E-state index in [1.165, 1.54) is 18.2 Å². The summed E-state index contributed by atoms with van der Waals surface area (Å²) in [7, 11) is 0. The molecule has 2 aromatic carbocycles. The fourth-order valence-corrected chi connectivity index (χ4v) is 1.88. The molecule has 0 spiro atoms. The molecule has 0 aromatic heterocycles. The molecule has 0 heterocycles. The lowest BCUT2D eigenvalue weighted by Gasteiger charge is -2.11. The first-order chi connectivity index (χ1) is 9.49. The molecule has 0 atom stereocenters. The van der Waals surface area contributed by atoms with E-state index >= 15 is 0 Å². The van der Waals surface area contributed by atoms with E-state index in [4.69, 9.17) is 27.8 Å². The molecule has 104 valence electrons. The van der Waals surface area contributed by atoms with Gasteiger partial charge in [-0.25, -0.2) is 4.39 Å². The van der Waals surface area contributed by atoms with E-state index in [2.05, 4.69) is 0 Å². The monoisotopic (exact) mass is 294 g/mol. The topological polar surface area (TPSA) is 78.3 Å². The summed E-state index contributed by atoms with van der Waals surface area (Å²) in [6.07, 6.45) is 0. The van der Waals surface area contributed by atoms with Crippen LogP contribution in [-0.2, 0) is 6.61 Å². The minimum Gasteiger partial charge on any atom is -0.488 e. The Morgan fingerprint density at radius 3 is 2.75 bits per heavy atom. The van der Waals surface area contributed by atoms with Gasteiger partial charge in [0.05, 0.1) is 10.6 Å². The van der Waals surface area contributed by atoms with Crippen LogP contribution in [0.25, 0.3) is 0 Å². The number of carbonyl (C=O) groups excluding carboxylic acids is 1. The lowest BCUT2D eigenvalue weighted by atomic mass is 10.1. The molecule has 0 unspecified atom stereocenters. The Morgan fingerprint density at radius 2 is 2.05 bits per heavy atom. The summed E-state index contributed by atoms with van der Waals surface area (Å²) in [6.45, 7) is -0.0728. The first kappa shape index (κ1) is 14.1. The molecule has 0 aliphatic carbocycles. The second kappa shape index (κ2) is 5.79. The average Bonchev–Trinajstić information content (AvgIpc) is 2.41. The van der Waals surface area contributed by atoms with Crippen molar-refractivity contribution in [3.8, 4) is 5.75 Å². The van der Waals surface area contributed by atoms with E-state index in [-0.39, 0.29) is 28.5 Å². The lowest BCUT2D eigenvalue weighted by Crippen LogP contribution is -2.13. The highest BCUT2D eigenvalue weighted by Crippen LogP contribution is 2.24. The van der Waals surface area contributed by atoms with Crippen molar-refractivity contribution in [1.29, 1.82) is 0 Å². The van der Waals surface area contributed by atoms with Crippen LogP contribution in [-0.4, -0.2) is 5.91 Å². The quantitative estimate of drug-likeness (QED) is 0.851. The number of carbonyl (C=O) groups is 1. The highest BCUT2D eigenvalue weighted by Gasteiger charge is 2.12. The lowest BCUT2D eigenvalue weighted by molar-refractivity contribution is 0.0996. The number of benzene rings is 2. The summed E-state index contributed by atoms with van der Waals surface area (Å²) in [6, 6.07) is 9.09. The van der Waals surface area contributed by atoms with Crippen LogP contribution in [0.2, 0.25) is 5.02 Å². The number of nitrogens with two attached hydrogens (primary N) is 2. The predicted octanol–water partition coefficient (Wildman–Crippen LogP) is 2.74. The second-order valence-corrected chi connectivity index (χ2v) is 4.53. The molecule has 2 aromatic rings. The minimum absolute atomic E-state index is 0.0125. The molecular weight excluding hydrogens is 283 g/mol. The number of primary amides is 1. The zero-order chi connectivity index (χ0) is 14.7. The average molecular weight is 295 g/mol. The SMILES string of the molecule is NC(=O)c1cc(N)ccc1OCc1cccc(Cl)c1F. The molecule has 4 N–H and O–H groups in total. The number of anilines is 1. The molecule has 0 aliphatic heterocycles. The molecule has 20 heavy (non-hydrogen) atoms. The third-order valence-corrected chi connectivity index (χ3v) is 2.98. The first-order valence-electron chi connectivity index (χ1n) is 5.74. The molecule has 0 saturated carbocycles. The van der Waals surface area contributed by atoms with Gasteiger partial charge in [0.2, 0.25) is 0 Å². The summed E-state index contributed by atoms with van der Waals surface area (Å²) in [4.78, 5) is 11.3. The van der Waals surface area contributed by atoms with Crippen LogP contribution in [0.3, 0.4) is 0 Å². The summed E-state index contributed by atoms with van der Waals surface area (Å²) in [5.74, 6) is -0.977. The van der Waals surface area contributed by atoms with Gasteiger partial charge < -0.3 is 16.2 Å². The minimum atomic E-state index is -0.668. The Hall–Kier alpha value is -2.27. The second-order valence-electron chi connectivity index (χ2n) is 4.12. The Kier molecular flexibility index (Phi) is 4.10. The standard InChI is InChI=1S/C14H12ClFN2O2/c15-11-3-1-2-8(13(11)16)7-20-12-5-4-9(17)6-10(12)14(18)19/h1-6H,7,17H2,(H2,18,19). The van der Waals surface area contributed by atoms with Gasteiger partial charge in [-0.15, -0.1) is 0 Å². The fraction of sp³-hybridized carbons (Fsp3) is 0.0714. The molecule has 0 saturated heterocycles. The smallest absolute Gasteiger partial charge is 0.252 e. The normalized spacial score (nSPS) is 10.3. The first-order valence-corrected chi connectivity index (χ1v) is 6.12. The molecule has 4 nitrogen and oxygen atoms in total. The molecule has 1 amide bonds. The summed E-state index contributed by atoms with van der Waals surface area (Å²) >= 11 is 5.68. The molecule has 0 bridgehead atoms. The van der Waals surface area contributed by atoms with E-state index < -0.39 is 11.7 Å².